The molecule has 3 rings (SSSR count). The van der Waals surface area contributed by atoms with Crippen LogP contribution < -0.4 is 11.1 Å². The number of piperidine rings is 1. The van der Waals surface area contributed by atoms with Crippen molar-refractivity contribution in [1.82, 2.24) is 20.0 Å². The molecule has 2 heterocycles. The Labute approximate surface area is 285 Å². The summed E-state index contributed by atoms with van der Waals surface area (Å²) < 4.78 is 16.8. The Kier molecular flexibility index (Phi) is 12.9. The number of nitrogens with zero attached hydrogens (tertiary/aromatic N) is 4. The van der Waals surface area contributed by atoms with Crippen LogP contribution in [0.1, 0.15) is 93.6 Å². The van der Waals surface area contributed by atoms with E-state index in [1.54, 1.807) is 46.4 Å². The lowest BCUT2D eigenvalue weighted by molar-refractivity contribution is -0.124. The van der Waals surface area contributed by atoms with Gasteiger partial charge in [0.25, 0.3) is 0 Å². The van der Waals surface area contributed by atoms with Gasteiger partial charge in [-0.15, -0.1) is 4.99 Å². The van der Waals surface area contributed by atoms with E-state index in [1.807, 2.05) is 60.9 Å². The molecule has 2 saturated heterocycles. The van der Waals surface area contributed by atoms with Crippen molar-refractivity contribution in [3.8, 4) is 0 Å². The minimum absolute atomic E-state index is 0.0456. The highest BCUT2D eigenvalue weighted by Crippen LogP contribution is 2.29. The van der Waals surface area contributed by atoms with E-state index < -0.39 is 53.2 Å². The Hall–Kier alpha value is -3.87. The largest absolute Gasteiger partial charge is 0.444 e. The number of rotatable bonds is 7. The summed E-state index contributed by atoms with van der Waals surface area (Å²) in [5.41, 5.74) is 4.63. The third kappa shape index (κ3) is 12.6. The third-order valence-electron chi connectivity index (χ3n) is 7.83. The smallest absolute Gasteiger partial charge is 0.437 e. The summed E-state index contributed by atoms with van der Waals surface area (Å²) in [6.07, 6.45) is 0.689. The molecule has 4 amide bonds. The lowest BCUT2D eigenvalue weighted by atomic mass is 9.95. The summed E-state index contributed by atoms with van der Waals surface area (Å²) in [6.45, 7) is 17.9. The van der Waals surface area contributed by atoms with Crippen LogP contribution in [0.25, 0.3) is 0 Å². The Morgan fingerprint density at radius 3 is 2.00 bits per heavy atom. The van der Waals surface area contributed by atoms with Gasteiger partial charge in [-0.2, -0.15) is 0 Å². The third-order valence-corrected chi connectivity index (χ3v) is 7.83. The second-order valence-electron chi connectivity index (χ2n) is 15.6. The number of carbonyl (C=O) groups is 4. The summed E-state index contributed by atoms with van der Waals surface area (Å²) in [4.78, 5) is 61.6. The first kappa shape index (κ1) is 38.6. The van der Waals surface area contributed by atoms with Crippen LogP contribution in [-0.2, 0) is 25.4 Å². The average molecular weight is 673 g/mol. The summed E-state index contributed by atoms with van der Waals surface area (Å²) in [5.74, 6) is -0.312. The number of aliphatic imine (C=N–C) groups is 1. The van der Waals surface area contributed by atoms with Gasteiger partial charge in [0.05, 0.1) is 12.2 Å². The Morgan fingerprint density at radius 1 is 0.875 bits per heavy atom. The molecule has 2 fully saturated rings. The number of nitrogens with one attached hydrogen (secondary N) is 1. The zero-order valence-electron chi connectivity index (χ0n) is 30.2. The Bertz CT molecular complexity index is 1290. The van der Waals surface area contributed by atoms with E-state index in [9.17, 15) is 19.2 Å². The summed E-state index contributed by atoms with van der Waals surface area (Å²) >= 11 is 0. The maximum Gasteiger partial charge on any atom is 0.437 e. The number of hydrogen-bond acceptors (Lipinski definition) is 8. The Morgan fingerprint density at radius 2 is 1.46 bits per heavy atom. The van der Waals surface area contributed by atoms with Crippen molar-refractivity contribution in [2.45, 2.75) is 123 Å². The number of benzene rings is 1. The van der Waals surface area contributed by atoms with Crippen molar-refractivity contribution in [2.24, 2.45) is 16.6 Å². The normalized spacial score (nSPS) is 19.0. The van der Waals surface area contributed by atoms with E-state index in [-0.39, 0.29) is 11.9 Å². The topological polar surface area (TPSA) is 156 Å². The van der Waals surface area contributed by atoms with Crippen molar-refractivity contribution in [2.75, 3.05) is 26.2 Å². The second-order valence-corrected chi connectivity index (χ2v) is 15.6. The number of amides is 4. The lowest BCUT2D eigenvalue weighted by Gasteiger charge is -2.43. The Balaban J connectivity index is 1.87. The van der Waals surface area contributed by atoms with E-state index in [0.717, 1.165) is 12.0 Å². The molecular formula is C35H56N6O7. The average Bonchev–Trinajstić information content (AvgIpc) is 3.43. The van der Waals surface area contributed by atoms with Crippen molar-refractivity contribution in [3.63, 3.8) is 0 Å². The maximum atomic E-state index is 14.0. The first-order valence-corrected chi connectivity index (χ1v) is 16.9. The van der Waals surface area contributed by atoms with Crippen molar-refractivity contribution < 1.29 is 33.4 Å². The zero-order chi connectivity index (χ0) is 35.9. The fourth-order valence-electron chi connectivity index (χ4n) is 5.87. The van der Waals surface area contributed by atoms with Crippen LogP contribution >= 0.6 is 0 Å². The van der Waals surface area contributed by atoms with Gasteiger partial charge < -0.3 is 24.8 Å². The molecule has 0 saturated carbocycles. The van der Waals surface area contributed by atoms with Gasteiger partial charge in [-0.3, -0.25) is 19.9 Å². The van der Waals surface area contributed by atoms with Crippen LogP contribution in [0.15, 0.2) is 35.3 Å². The molecular weight excluding hydrogens is 616 g/mol. The minimum Gasteiger partial charge on any atom is -0.444 e. The van der Waals surface area contributed by atoms with Gasteiger partial charge in [0.1, 0.15) is 16.8 Å². The van der Waals surface area contributed by atoms with E-state index in [4.69, 9.17) is 19.9 Å². The van der Waals surface area contributed by atoms with Crippen LogP contribution in [0, 0.1) is 5.92 Å². The SMILES string of the molecule is CC(C)(C)OC(=O)N=C(NC(=O)OC(C)(C)C)N1CCC(CN(C(=O)OC(C)(C)C)[C@@H](Cc2ccccc2)N2CCC[C@H]2C(N)=O)CC1. The van der Waals surface area contributed by atoms with Crippen LogP contribution in [0.5, 0.6) is 0 Å². The number of hydrogen-bond donors (Lipinski definition) is 2. The number of guanidine groups is 1. The number of primary amides is 1. The van der Waals surface area contributed by atoms with Crippen LogP contribution in [0.3, 0.4) is 0 Å². The molecule has 1 aromatic carbocycles. The highest BCUT2D eigenvalue weighted by atomic mass is 16.6. The monoisotopic (exact) mass is 672 g/mol. The number of nitrogens with two attached hydrogens (primary N) is 1. The first-order valence-electron chi connectivity index (χ1n) is 16.9. The fourth-order valence-corrected chi connectivity index (χ4v) is 5.87. The van der Waals surface area contributed by atoms with Crippen molar-refractivity contribution in [1.29, 1.82) is 0 Å². The zero-order valence-corrected chi connectivity index (χ0v) is 30.2. The van der Waals surface area contributed by atoms with Gasteiger partial charge in [0.15, 0.2) is 0 Å². The molecule has 2 aliphatic rings. The highest BCUT2D eigenvalue weighted by Gasteiger charge is 2.41. The molecule has 268 valence electrons. The van der Waals surface area contributed by atoms with E-state index >= 15 is 0 Å². The van der Waals surface area contributed by atoms with E-state index in [0.29, 0.717) is 51.9 Å². The highest BCUT2D eigenvalue weighted by molar-refractivity contribution is 5.99. The molecule has 0 radical (unpaired) electrons. The van der Waals surface area contributed by atoms with E-state index in [2.05, 4.69) is 10.3 Å². The molecule has 1 aromatic rings. The second kappa shape index (κ2) is 16.0. The van der Waals surface area contributed by atoms with Gasteiger partial charge in [-0.1, -0.05) is 30.3 Å². The minimum atomic E-state index is -0.829. The molecule has 2 aliphatic heterocycles. The van der Waals surface area contributed by atoms with E-state index in [1.165, 1.54) is 0 Å². The molecule has 0 bridgehead atoms. The molecule has 48 heavy (non-hydrogen) atoms. The lowest BCUT2D eigenvalue weighted by Crippen LogP contribution is -2.58. The van der Waals surface area contributed by atoms with Crippen molar-refractivity contribution in [3.05, 3.63) is 35.9 Å². The summed E-state index contributed by atoms with van der Waals surface area (Å²) in [7, 11) is 0. The first-order chi connectivity index (χ1) is 22.2. The van der Waals surface area contributed by atoms with Crippen LogP contribution in [0.2, 0.25) is 0 Å². The molecule has 0 aliphatic carbocycles. The molecule has 13 nitrogen and oxygen atoms in total. The predicted molar refractivity (Wildman–Crippen MR) is 183 cm³/mol. The van der Waals surface area contributed by atoms with Crippen molar-refractivity contribution >= 4 is 30.1 Å². The molecule has 0 unspecified atom stereocenters. The number of likely N-dealkylation sites (tertiary alicyclic amines) is 2. The quantitative estimate of drug-likeness (QED) is 0.224. The summed E-state index contributed by atoms with van der Waals surface area (Å²) in [5, 5.41) is 2.64. The van der Waals surface area contributed by atoms with Gasteiger partial charge in [0.2, 0.25) is 11.9 Å². The fraction of sp³-hybridized carbons (Fsp3) is 0.686. The maximum absolute atomic E-state index is 14.0. The van der Waals surface area contributed by atoms with Crippen LogP contribution in [0.4, 0.5) is 14.4 Å². The number of ether oxygens (including phenoxy) is 3. The van der Waals surface area contributed by atoms with Gasteiger partial charge in [-0.05, 0) is 99.5 Å². The molecule has 3 N–H and O–H groups in total. The number of alkyl carbamates (subject to hydrolysis) is 1. The standard InChI is InChI=1S/C35H56N6O7/c1-33(2,3)46-30(43)37-29(38-31(44)47-34(4,5)6)39-20-17-25(18-21-39)23-41(32(45)48-35(7,8)9)27(22-24-14-11-10-12-15-24)40-19-13-16-26(40)28(36)42/h10-12,14-15,25-27H,13,16-23H2,1-9H3,(H2,36,42)(H,37,38,43,44)/t26-,27-/m0/s1. The van der Waals surface area contributed by atoms with Gasteiger partial charge >= 0.3 is 18.3 Å². The number of carbonyl (C=O) groups excluding carboxylic acids is 4. The van der Waals surface area contributed by atoms with Gasteiger partial charge in [0, 0.05) is 32.6 Å². The van der Waals surface area contributed by atoms with Gasteiger partial charge in [-0.25, -0.2) is 14.4 Å². The molecule has 0 spiro atoms. The molecule has 2 atom stereocenters. The molecule has 0 aromatic heterocycles. The summed E-state index contributed by atoms with van der Waals surface area (Å²) in [6, 6.07) is 9.39. The predicted octanol–water partition coefficient (Wildman–Crippen LogP) is 5.27. The van der Waals surface area contributed by atoms with Crippen LogP contribution in [-0.4, -0.2) is 100 Å². The molecule has 13 heteroatoms.